The van der Waals surface area contributed by atoms with E-state index in [1.807, 2.05) is 20.3 Å². The molecule has 0 aliphatic heterocycles. The highest BCUT2D eigenvalue weighted by atomic mass is 16.4. The summed E-state index contributed by atoms with van der Waals surface area (Å²) in [6, 6.07) is 0. The maximum Gasteiger partial charge on any atom is 0.145 e. The zero-order valence-corrected chi connectivity index (χ0v) is 15.0. The largest absolute Gasteiger partial charge is 0.411 e. The fourth-order valence-electron chi connectivity index (χ4n) is 1.81. The molecule has 1 aromatic heterocycles. The van der Waals surface area contributed by atoms with Crippen LogP contribution < -0.4 is 0 Å². The van der Waals surface area contributed by atoms with Gasteiger partial charge in [0, 0.05) is 41.3 Å². The molecule has 0 atom stereocenters. The first-order chi connectivity index (χ1) is 12.0. The minimum absolute atomic E-state index is 0.343. The van der Waals surface area contributed by atoms with Crippen molar-refractivity contribution in [1.29, 1.82) is 0 Å². The van der Waals surface area contributed by atoms with Crippen LogP contribution in [0.4, 0.5) is 0 Å². The van der Waals surface area contributed by atoms with Crippen molar-refractivity contribution < 1.29 is 10.4 Å². The predicted octanol–water partition coefficient (Wildman–Crippen LogP) is 0.00840. The smallest absolute Gasteiger partial charge is 0.145 e. The normalized spacial score (nSPS) is 13.1. The van der Waals surface area contributed by atoms with E-state index in [2.05, 4.69) is 30.6 Å². The van der Waals surface area contributed by atoms with E-state index < -0.39 is 0 Å². The monoisotopic (exact) mass is 351 g/mol. The molecule has 1 heterocycles. The Hall–Kier alpha value is -2.98. The van der Waals surface area contributed by atoms with Gasteiger partial charge in [0.05, 0.1) is 12.7 Å². The van der Waals surface area contributed by atoms with Gasteiger partial charge in [0.25, 0.3) is 0 Å². The van der Waals surface area contributed by atoms with Gasteiger partial charge in [-0.3, -0.25) is 14.7 Å². The highest BCUT2D eigenvalue weighted by molar-refractivity contribution is 6.29. The SMILES string of the molecule is CN(C)C(/C=N/O)=NCCCn1cc(CN=C(/C=N/O)N(C)C)nn1. The number of aliphatic imine (C=N–C) groups is 2. The third-order valence-corrected chi connectivity index (χ3v) is 3.07. The first-order valence-corrected chi connectivity index (χ1v) is 7.65. The standard InChI is InChI=1S/C14H25N9O2/c1-21(2)13(9-17-24)15-6-5-7-23-11-12(19-20-23)8-16-14(10-18-25)22(3)4/h9-11,24-25H,5-8H2,1-4H3/b15-13?,16-14?,17-9+,18-10+. The van der Waals surface area contributed by atoms with E-state index in [1.54, 1.807) is 28.6 Å². The van der Waals surface area contributed by atoms with E-state index in [0.717, 1.165) is 12.1 Å². The Morgan fingerprint density at radius 2 is 1.68 bits per heavy atom. The van der Waals surface area contributed by atoms with E-state index in [0.29, 0.717) is 31.3 Å². The molecular formula is C14H25N9O2. The number of hydrogen-bond acceptors (Lipinski definition) is 8. The number of amidine groups is 2. The molecule has 0 amide bonds. The van der Waals surface area contributed by atoms with Crippen molar-refractivity contribution in [3.05, 3.63) is 11.9 Å². The summed E-state index contributed by atoms with van der Waals surface area (Å²) in [5.74, 6) is 1.13. The van der Waals surface area contributed by atoms with Gasteiger partial charge < -0.3 is 20.2 Å². The fraction of sp³-hybridized carbons (Fsp3) is 0.571. The minimum Gasteiger partial charge on any atom is -0.411 e. The van der Waals surface area contributed by atoms with Gasteiger partial charge in [-0.25, -0.2) is 0 Å². The second-order valence-electron chi connectivity index (χ2n) is 5.52. The molecule has 1 aromatic rings. The van der Waals surface area contributed by atoms with Crippen LogP contribution in [0.1, 0.15) is 12.1 Å². The number of aryl methyl sites for hydroxylation is 1. The van der Waals surface area contributed by atoms with Crippen LogP contribution in [0.15, 0.2) is 26.5 Å². The highest BCUT2D eigenvalue weighted by Gasteiger charge is 2.03. The van der Waals surface area contributed by atoms with Crippen molar-refractivity contribution >= 4 is 24.1 Å². The molecule has 1 rings (SSSR count). The van der Waals surface area contributed by atoms with Crippen LogP contribution in [0, 0.1) is 0 Å². The van der Waals surface area contributed by atoms with Crippen molar-refractivity contribution in [2.75, 3.05) is 34.7 Å². The Morgan fingerprint density at radius 1 is 1.08 bits per heavy atom. The van der Waals surface area contributed by atoms with Gasteiger partial charge in [0.1, 0.15) is 29.8 Å². The molecule has 138 valence electrons. The van der Waals surface area contributed by atoms with Gasteiger partial charge in [-0.1, -0.05) is 15.5 Å². The Kier molecular flexibility index (Phi) is 8.61. The number of nitrogens with zero attached hydrogens (tertiary/aromatic N) is 9. The molecule has 0 aliphatic rings. The second-order valence-corrected chi connectivity index (χ2v) is 5.52. The molecule has 0 unspecified atom stereocenters. The van der Waals surface area contributed by atoms with Gasteiger partial charge in [-0.05, 0) is 6.42 Å². The summed E-state index contributed by atoms with van der Waals surface area (Å²) >= 11 is 0. The minimum atomic E-state index is 0.343. The summed E-state index contributed by atoms with van der Waals surface area (Å²) in [5.41, 5.74) is 0.718. The van der Waals surface area contributed by atoms with Gasteiger partial charge >= 0.3 is 0 Å². The van der Waals surface area contributed by atoms with E-state index in [1.165, 1.54) is 12.4 Å². The van der Waals surface area contributed by atoms with E-state index in [4.69, 9.17) is 10.4 Å². The van der Waals surface area contributed by atoms with E-state index >= 15 is 0 Å². The molecule has 0 spiro atoms. The number of rotatable bonds is 8. The lowest BCUT2D eigenvalue weighted by atomic mass is 10.4. The Morgan fingerprint density at radius 3 is 2.24 bits per heavy atom. The molecule has 0 bridgehead atoms. The van der Waals surface area contributed by atoms with Gasteiger partial charge in [0.15, 0.2) is 0 Å². The Labute approximate surface area is 146 Å². The lowest BCUT2D eigenvalue weighted by Gasteiger charge is -2.10. The third-order valence-electron chi connectivity index (χ3n) is 3.07. The van der Waals surface area contributed by atoms with Crippen molar-refractivity contribution in [2.24, 2.45) is 20.3 Å². The molecule has 0 saturated carbocycles. The van der Waals surface area contributed by atoms with E-state index in [-0.39, 0.29) is 0 Å². The van der Waals surface area contributed by atoms with Crippen LogP contribution in [0.2, 0.25) is 0 Å². The topological polar surface area (TPSA) is 127 Å². The molecule has 0 saturated heterocycles. The summed E-state index contributed by atoms with van der Waals surface area (Å²) < 4.78 is 1.73. The van der Waals surface area contributed by atoms with Crippen molar-refractivity contribution in [2.45, 2.75) is 19.5 Å². The van der Waals surface area contributed by atoms with Crippen LogP contribution in [0.25, 0.3) is 0 Å². The number of hydrogen-bond donors (Lipinski definition) is 2. The molecule has 25 heavy (non-hydrogen) atoms. The molecule has 0 fully saturated rings. The van der Waals surface area contributed by atoms with Crippen LogP contribution in [0.5, 0.6) is 0 Å². The zero-order valence-electron chi connectivity index (χ0n) is 15.0. The summed E-state index contributed by atoms with van der Waals surface area (Å²) in [7, 11) is 7.27. The summed E-state index contributed by atoms with van der Waals surface area (Å²) in [5, 5.41) is 31.3. The molecule has 11 heteroatoms. The Bertz CT molecular complexity index is 632. The lowest BCUT2D eigenvalue weighted by Crippen LogP contribution is -2.23. The average Bonchev–Trinajstić information content (AvgIpc) is 3.01. The predicted molar refractivity (Wildman–Crippen MR) is 96.0 cm³/mol. The molecule has 2 N–H and O–H groups in total. The van der Waals surface area contributed by atoms with Crippen LogP contribution in [0.3, 0.4) is 0 Å². The van der Waals surface area contributed by atoms with Crippen molar-refractivity contribution in [3.63, 3.8) is 0 Å². The van der Waals surface area contributed by atoms with Crippen LogP contribution >= 0.6 is 0 Å². The van der Waals surface area contributed by atoms with E-state index in [9.17, 15) is 0 Å². The van der Waals surface area contributed by atoms with Crippen LogP contribution in [-0.4, -0.2) is 94.0 Å². The highest BCUT2D eigenvalue weighted by Crippen LogP contribution is 1.99. The van der Waals surface area contributed by atoms with Crippen molar-refractivity contribution in [3.8, 4) is 0 Å². The first kappa shape index (κ1) is 20.1. The molecular weight excluding hydrogens is 326 g/mol. The molecule has 0 aromatic carbocycles. The third kappa shape index (κ3) is 7.42. The lowest BCUT2D eigenvalue weighted by molar-refractivity contribution is 0.321. The first-order valence-electron chi connectivity index (χ1n) is 7.65. The van der Waals surface area contributed by atoms with Gasteiger partial charge in [-0.2, -0.15) is 0 Å². The van der Waals surface area contributed by atoms with Crippen LogP contribution in [-0.2, 0) is 13.1 Å². The van der Waals surface area contributed by atoms with Crippen molar-refractivity contribution in [1.82, 2.24) is 24.8 Å². The maximum atomic E-state index is 8.61. The number of aromatic nitrogens is 3. The Balaban J connectivity index is 2.53. The number of oxime groups is 2. The summed E-state index contributed by atoms with van der Waals surface area (Å²) in [6.45, 7) is 1.58. The maximum absolute atomic E-state index is 8.61. The average molecular weight is 351 g/mol. The van der Waals surface area contributed by atoms with Gasteiger partial charge in [-0.15, -0.1) is 5.10 Å². The quantitative estimate of drug-likeness (QED) is 0.223. The molecule has 11 nitrogen and oxygen atoms in total. The van der Waals surface area contributed by atoms with Gasteiger partial charge in [0.2, 0.25) is 0 Å². The second kappa shape index (κ2) is 10.7. The summed E-state index contributed by atoms with van der Waals surface area (Å²) in [6.07, 6.45) is 5.14. The zero-order chi connectivity index (χ0) is 18.7. The fourth-order valence-corrected chi connectivity index (χ4v) is 1.81. The summed E-state index contributed by atoms with van der Waals surface area (Å²) in [4.78, 5) is 12.2. The molecule has 0 aliphatic carbocycles. The molecule has 0 radical (unpaired) electrons.